The van der Waals surface area contributed by atoms with Crippen LogP contribution in [0.3, 0.4) is 0 Å². The molecular weight excluding hydrogens is 262 g/mol. The number of amides is 1. The molecule has 0 fully saturated rings. The highest BCUT2D eigenvalue weighted by Gasteiger charge is 2.17. The molecule has 0 aliphatic rings. The van der Waals surface area contributed by atoms with E-state index >= 15 is 0 Å². The first-order chi connectivity index (χ1) is 8.99. The van der Waals surface area contributed by atoms with Crippen molar-refractivity contribution in [1.29, 1.82) is 0 Å². The fraction of sp³-hybridized carbons (Fsp3) is 0.214. The van der Waals surface area contributed by atoms with Crippen molar-refractivity contribution in [2.75, 3.05) is 0 Å². The quantitative estimate of drug-likeness (QED) is 0.755. The van der Waals surface area contributed by atoms with Crippen molar-refractivity contribution in [3.05, 3.63) is 45.6 Å². The van der Waals surface area contributed by atoms with Crippen molar-refractivity contribution in [2.24, 2.45) is 0 Å². The Hall–Kier alpha value is -2.01. The lowest BCUT2D eigenvalue weighted by molar-refractivity contribution is 0.0937. The van der Waals surface area contributed by atoms with E-state index in [2.05, 4.69) is 5.32 Å². The van der Waals surface area contributed by atoms with Crippen molar-refractivity contribution in [2.45, 2.75) is 19.9 Å². The van der Waals surface area contributed by atoms with Gasteiger partial charge in [0.2, 0.25) is 0 Å². The fourth-order valence-corrected chi connectivity index (χ4v) is 2.63. The third-order valence-corrected chi connectivity index (χ3v) is 3.98. The van der Waals surface area contributed by atoms with Crippen molar-refractivity contribution >= 4 is 17.2 Å². The minimum atomic E-state index is -0.410. The zero-order chi connectivity index (χ0) is 14.0. The molecule has 4 nitrogen and oxygen atoms in total. The van der Waals surface area contributed by atoms with E-state index in [1.165, 1.54) is 23.1 Å². The van der Waals surface area contributed by atoms with Crippen LogP contribution in [-0.2, 0) is 0 Å². The van der Waals surface area contributed by atoms with Crippen molar-refractivity contribution in [3.8, 4) is 11.5 Å². The van der Waals surface area contributed by atoms with Gasteiger partial charge in [-0.3, -0.25) is 4.79 Å². The molecule has 1 aromatic heterocycles. The molecule has 0 saturated heterocycles. The molecule has 2 rings (SSSR count). The number of phenols is 2. The summed E-state index contributed by atoms with van der Waals surface area (Å²) in [6, 6.07) is 8.13. The molecule has 0 spiro atoms. The summed E-state index contributed by atoms with van der Waals surface area (Å²) in [4.78, 5) is 14.3. The first-order valence-corrected chi connectivity index (χ1v) is 6.69. The predicted molar refractivity (Wildman–Crippen MR) is 74.7 cm³/mol. The van der Waals surface area contributed by atoms with Crippen molar-refractivity contribution in [3.63, 3.8) is 0 Å². The van der Waals surface area contributed by atoms with E-state index in [0.29, 0.717) is 0 Å². The molecular formula is C14H15NO3S. The summed E-state index contributed by atoms with van der Waals surface area (Å²) in [7, 11) is 0. The van der Waals surface area contributed by atoms with Gasteiger partial charge >= 0.3 is 0 Å². The zero-order valence-electron chi connectivity index (χ0n) is 10.7. The summed E-state index contributed by atoms with van der Waals surface area (Å²) in [5.74, 6) is -1.10. The number of thiophene rings is 1. The maximum absolute atomic E-state index is 12.0. The first-order valence-electron chi connectivity index (χ1n) is 5.87. The maximum Gasteiger partial charge on any atom is 0.255 e. The molecule has 0 saturated carbocycles. The average Bonchev–Trinajstić information content (AvgIpc) is 2.79. The van der Waals surface area contributed by atoms with Gasteiger partial charge < -0.3 is 15.5 Å². The standard InChI is InChI=1S/C14H15NO3S/c1-8-6-7-12(19-8)9(2)15-14(18)10-4-3-5-11(16)13(10)17/h3-7,9,16-17H,1-2H3,(H,15,18). The summed E-state index contributed by atoms with van der Waals surface area (Å²) >= 11 is 1.61. The van der Waals surface area contributed by atoms with Crippen LogP contribution in [-0.4, -0.2) is 16.1 Å². The second-order valence-electron chi connectivity index (χ2n) is 4.32. The van der Waals surface area contributed by atoms with Gasteiger partial charge in [-0.25, -0.2) is 0 Å². The van der Waals surface area contributed by atoms with Crippen LogP contribution < -0.4 is 5.32 Å². The summed E-state index contributed by atoms with van der Waals surface area (Å²) in [6.45, 7) is 3.88. The highest BCUT2D eigenvalue weighted by atomic mass is 32.1. The number of carbonyl (C=O) groups is 1. The van der Waals surface area contributed by atoms with Crippen LogP contribution in [0.1, 0.15) is 33.1 Å². The van der Waals surface area contributed by atoms with E-state index in [1.807, 2.05) is 26.0 Å². The SMILES string of the molecule is Cc1ccc(C(C)NC(=O)c2cccc(O)c2O)s1. The normalized spacial score (nSPS) is 12.1. The monoisotopic (exact) mass is 277 g/mol. The van der Waals surface area contributed by atoms with E-state index < -0.39 is 11.7 Å². The highest BCUT2D eigenvalue weighted by molar-refractivity contribution is 7.12. The summed E-state index contributed by atoms with van der Waals surface area (Å²) < 4.78 is 0. The van der Waals surface area contributed by atoms with Gasteiger partial charge in [0.05, 0.1) is 11.6 Å². The van der Waals surface area contributed by atoms with Gasteiger partial charge in [-0.1, -0.05) is 6.07 Å². The maximum atomic E-state index is 12.0. The second-order valence-corrected chi connectivity index (χ2v) is 5.64. The number of rotatable bonds is 3. The molecule has 0 aliphatic carbocycles. The lowest BCUT2D eigenvalue weighted by Crippen LogP contribution is -2.26. The van der Waals surface area contributed by atoms with Crippen molar-refractivity contribution in [1.82, 2.24) is 5.32 Å². The Kier molecular flexibility index (Phi) is 3.76. The Bertz CT molecular complexity index is 606. The Labute approximate surface area is 115 Å². The van der Waals surface area contributed by atoms with Gasteiger partial charge in [0.15, 0.2) is 11.5 Å². The molecule has 100 valence electrons. The smallest absolute Gasteiger partial charge is 0.255 e. The van der Waals surface area contributed by atoms with Gasteiger partial charge in [0.25, 0.3) is 5.91 Å². The van der Waals surface area contributed by atoms with Gasteiger partial charge in [0.1, 0.15) is 0 Å². The molecule has 1 amide bonds. The molecule has 1 unspecified atom stereocenters. The number of benzene rings is 1. The van der Waals surface area contributed by atoms with Crippen LogP contribution in [0, 0.1) is 6.92 Å². The molecule has 5 heteroatoms. The minimum absolute atomic E-state index is 0.0696. The number of nitrogens with one attached hydrogen (secondary N) is 1. The molecule has 1 aromatic carbocycles. The molecule has 2 aromatic rings. The zero-order valence-corrected chi connectivity index (χ0v) is 11.5. The Balaban J connectivity index is 2.15. The van der Waals surface area contributed by atoms with Crippen LogP contribution in [0.4, 0.5) is 0 Å². The van der Waals surface area contributed by atoms with E-state index in [-0.39, 0.29) is 17.4 Å². The molecule has 0 radical (unpaired) electrons. The summed E-state index contributed by atoms with van der Waals surface area (Å²) in [6.07, 6.45) is 0. The number of hydrogen-bond donors (Lipinski definition) is 3. The lowest BCUT2D eigenvalue weighted by atomic mass is 10.1. The van der Waals surface area contributed by atoms with Crippen LogP contribution >= 0.6 is 11.3 Å². The number of hydrogen-bond acceptors (Lipinski definition) is 4. The molecule has 0 bridgehead atoms. The third kappa shape index (κ3) is 2.88. The van der Waals surface area contributed by atoms with E-state index in [4.69, 9.17) is 0 Å². The number of phenolic OH excluding ortho intramolecular Hbond substituents is 2. The van der Waals surface area contributed by atoms with Gasteiger partial charge in [-0.2, -0.15) is 0 Å². The first kappa shape index (κ1) is 13.4. The average molecular weight is 277 g/mol. The third-order valence-electron chi connectivity index (χ3n) is 2.79. The number of aromatic hydroxyl groups is 2. The Morgan fingerprint density at radius 1 is 1.26 bits per heavy atom. The lowest BCUT2D eigenvalue weighted by Gasteiger charge is -2.13. The highest BCUT2D eigenvalue weighted by Crippen LogP contribution is 2.29. The van der Waals surface area contributed by atoms with Gasteiger partial charge in [-0.15, -0.1) is 11.3 Å². The molecule has 3 N–H and O–H groups in total. The van der Waals surface area contributed by atoms with E-state index in [1.54, 1.807) is 11.3 Å². The molecule has 0 aliphatic heterocycles. The van der Waals surface area contributed by atoms with Gasteiger partial charge in [0, 0.05) is 9.75 Å². The summed E-state index contributed by atoms with van der Waals surface area (Å²) in [5.41, 5.74) is 0.0696. The summed E-state index contributed by atoms with van der Waals surface area (Å²) in [5, 5.41) is 21.8. The van der Waals surface area contributed by atoms with Crippen LogP contribution in [0.15, 0.2) is 30.3 Å². The Morgan fingerprint density at radius 3 is 2.63 bits per heavy atom. The molecule has 1 atom stereocenters. The van der Waals surface area contributed by atoms with E-state index in [9.17, 15) is 15.0 Å². The van der Waals surface area contributed by atoms with Crippen molar-refractivity contribution < 1.29 is 15.0 Å². The van der Waals surface area contributed by atoms with Crippen LogP contribution in [0.5, 0.6) is 11.5 Å². The number of aryl methyl sites for hydroxylation is 1. The largest absolute Gasteiger partial charge is 0.504 e. The predicted octanol–water partition coefficient (Wildman–Crippen LogP) is 2.96. The topological polar surface area (TPSA) is 69.6 Å². The number of para-hydroxylation sites is 1. The Morgan fingerprint density at radius 2 is 2.00 bits per heavy atom. The fourth-order valence-electron chi connectivity index (χ4n) is 1.75. The minimum Gasteiger partial charge on any atom is -0.504 e. The van der Waals surface area contributed by atoms with Crippen LogP contribution in [0.25, 0.3) is 0 Å². The van der Waals surface area contributed by atoms with Crippen LogP contribution in [0.2, 0.25) is 0 Å². The molecule has 1 heterocycles. The van der Waals surface area contributed by atoms with E-state index in [0.717, 1.165) is 4.88 Å². The second kappa shape index (κ2) is 5.32. The molecule has 19 heavy (non-hydrogen) atoms. The van der Waals surface area contributed by atoms with Gasteiger partial charge in [-0.05, 0) is 38.1 Å². The number of carbonyl (C=O) groups excluding carboxylic acids is 1.